The van der Waals surface area contributed by atoms with Gasteiger partial charge in [-0.25, -0.2) is 4.79 Å². The van der Waals surface area contributed by atoms with Gasteiger partial charge in [0.05, 0.1) is 0 Å². The van der Waals surface area contributed by atoms with Gasteiger partial charge in [0, 0.05) is 12.1 Å². The van der Waals surface area contributed by atoms with Crippen molar-refractivity contribution in [2.24, 2.45) is 0 Å². The van der Waals surface area contributed by atoms with E-state index >= 15 is 0 Å². The number of rotatable bonds is 7. The van der Waals surface area contributed by atoms with Crippen molar-refractivity contribution in [3.8, 4) is 0 Å². The highest BCUT2D eigenvalue weighted by Crippen LogP contribution is 2.30. The zero-order valence-electron chi connectivity index (χ0n) is 22.2. The molecule has 0 radical (unpaired) electrons. The van der Waals surface area contributed by atoms with E-state index in [2.05, 4.69) is 10.6 Å². The summed E-state index contributed by atoms with van der Waals surface area (Å²) in [6.45, 7) is 14.9. The van der Waals surface area contributed by atoms with Crippen molar-refractivity contribution in [2.75, 3.05) is 6.54 Å². The van der Waals surface area contributed by atoms with E-state index in [1.807, 2.05) is 83.1 Å². The average molecular weight is 482 g/mol. The summed E-state index contributed by atoms with van der Waals surface area (Å²) in [4.78, 5) is 40.8. The summed E-state index contributed by atoms with van der Waals surface area (Å²) in [7, 11) is 0. The second kappa shape index (κ2) is 11.4. The molecular formula is C28H39N3O4. The van der Waals surface area contributed by atoms with E-state index < -0.39 is 23.3 Å². The molecule has 2 N–H and O–H groups in total. The largest absolute Gasteiger partial charge is 0.444 e. The molecule has 2 aromatic rings. The molecule has 1 unspecified atom stereocenters. The molecule has 3 amide bonds. The summed E-state index contributed by atoms with van der Waals surface area (Å²) in [6, 6.07) is 14.5. The van der Waals surface area contributed by atoms with Gasteiger partial charge in [-0.15, -0.1) is 0 Å². The number of amides is 3. The fraction of sp³-hybridized carbons (Fsp3) is 0.464. The second-order valence-corrected chi connectivity index (χ2v) is 10.7. The minimum atomic E-state index is -0.883. The van der Waals surface area contributed by atoms with Crippen molar-refractivity contribution >= 4 is 17.9 Å². The molecular weight excluding hydrogens is 442 g/mol. The first-order chi connectivity index (χ1) is 16.2. The van der Waals surface area contributed by atoms with Gasteiger partial charge < -0.3 is 20.3 Å². The summed E-state index contributed by atoms with van der Waals surface area (Å²) in [5.41, 5.74) is 2.39. The Morgan fingerprint density at radius 1 is 0.886 bits per heavy atom. The summed E-state index contributed by atoms with van der Waals surface area (Å²) in [5, 5.41) is 5.52. The number of benzene rings is 2. The molecule has 35 heavy (non-hydrogen) atoms. The van der Waals surface area contributed by atoms with E-state index in [0.29, 0.717) is 12.1 Å². The lowest BCUT2D eigenvalue weighted by Gasteiger charge is -2.41. The fourth-order valence-corrected chi connectivity index (χ4v) is 3.69. The summed E-state index contributed by atoms with van der Waals surface area (Å²) in [6.07, 6.45) is -0.684. The Balaban J connectivity index is 2.37. The Labute approximate surface area is 209 Å². The zero-order valence-corrected chi connectivity index (χ0v) is 22.2. The molecule has 0 saturated carbocycles. The second-order valence-electron chi connectivity index (χ2n) is 10.7. The van der Waals surface area contributed by atoms with Crippen molar-refractivity contribution in [3.63, 3.8) is 0 Å². The molecule has 0 heterocycles. The Kier molecular flexibility index (Phi) is 9.07. The van der Waals surface area contributed by atoms with Crippen LogP contribution in [0.1, 0.15) is 69.8 Å². The maximum Gasteiger partial charge on any atom is 0.408 e. The topological polar surface area (TPSA) is 87.7 Å². The van der Waals surface area contributed by atoms with Crippen LogP contribution in [0.2, 0.25) is 0 Å². The SMILES string of the molecule is Cc1ccc(C(C(=O)NCc2ccccc2)N(C(=O)CNC(=O)OC(C)(C)C)C(C)(C)C)cc1C. The molecule has 0 aliphatic rings. The number of ether oxygens (including phenoxy) is 1. The molecule has 7 nitrogen and oxygen atoms in total. The summed E-state index contributed by atoms with van der Waals surface area (Å²) < 4.78 is 5.26. The first-order valence-corrected chi connectivity index (χ1v) is 11.9. The first-order valence-electron chi connectivity index (χ1n) is 11.9. The molecule has 1 atom stereocenters. The van der Waals surface area contributed by atoms with Crippen LogP contribution in [-0.4, -0.2) is 40.5 Å². The third kappa shape index (κ3) is 8.42. The number of hydrogen-bond acceptors (Lipinski definition) is 4. The molecule has 0 spiro atoms. The number of aryl methyl sites for hydroxylation is 2. The predicted molar refractivity (Wildman–Crippen MR) is 138 cm³/mol. The van der Waals surface area contributed by atoms with Crippen LogP contribution in [0.25, 0.3) is 0 Å². The molecule has 0 aromatic heterocycles. The van der Waals surface area contributed by atoms with Gasteiger partial charge in [0.25, 0.3) is 0 Å². The van der Waals surface area contributed by atoms with Gasteiger partial charge in [0.15, 0.2) is 0 Å². The number of carbonyl (C=O) groups excluding carboxylic acids is 3. The highest BCUT2D eigenvalue weighted by molar-refractivity contribution is 5.91. The van der Waals surface area contributed by atoms with Gasteiger partial charge in [0.1, 0.15) is 18.2 Å². The normalized spacial score (nSPS) is 12.5. The van der Waals surface area contributed by atoms with E-state index in [9.17, 15) is 14.4 Å². The van der Waals surface area contributed by atoms with Crippen molar-refractivity contribution in [3.05, 3.63) is 70.8 Å². The third-order valence-electron chi connectivity index (χ3n) is 5.44. The Morgan fingerprint density at radius 3 is 2.06 bits per heavy atom. The number of carbonyl (C=O) groups is 3. The van der Waals surface area contributed by atoms with Crippen LogP contribution in [0.4, 0.5) is 4.79 Å². The van der Waals surface area contributed by atoms with Crippen LogP contribution < -0.4 is 10.6 Å². The van der Waals surface area contributed by atoms with E-state index in [1.54, 1.807) is 20.8 Å². The lowest BCUT2D eigenvalue weighted by molar-refractivity contribution is -0.146. The molecule has 190 valence electrons. The Hall–Kier alpha value is -3.35. The first kappa shape index (κ1) is 27.9. The van der Waals surface area contributed by atoms with E-state index in [4.69, 9.17) is 4.74 Å². The van der Waals surface area contributed by atoms with Crippen LogP contribution in [0.15, 0.2) is 48.5 Å². The van der Waals surface area contributed by atoms with Gasteiger partial charge in [-0.1, -0.05) is 48.5 Å². The Bertz CT molecular complexity index is 1040. The number of nitrogens with one attached hydrogen (secondary N) is 2. The highest BCUT2D eigenvalue weighted by atomic mass is 16.6. The predicted octanol–water partition coefficient (Wildman–Crippen LogP) is 4.81. The van der Waals surface area contributed by atoms with Gasteiger partial charge in [-0.3, -0.25) is 9.59 Å². The fourth-order valence-electron chi connectivity index (χ4n) is 3.69. The third-order valence-corrected chi connectivity index (χ3v) is 5.44. The van der Waals surface area contributed by atoms with E-state index in [-0.39, 0.29) is 18.4 Å². The maximum absolute atomic E-state index is 13.6. The average Bonchev–Trinajstić information content (AvgIpc) is 2.75. The lowest BCUT2D eigenvalue weighted by atomic mass is 9.94. The van der Waals surface area contributed by atoms with Crippen LogP contribution in [0.3, 0.4) is 0 Å². The van der Waals surface area contributed by atoms with Crippen LogP contribution >= 0.6 is 0 Å². The standard InChI is InChI=1S/C28H39N3O4/c1-19-14-15-22(16-20(19)2)24(25(33)29-17-21-12-10-9-11-13-21)31(27(3,4)5)23(32)18-30-26(34)35-28(6,7)8/h9-16,24H,17-18H2,1-8H3,(H,29,33)(H,30,34). The molecule has 0 saturated heterocycles. The molecule has 2 aromatic carbocycles. The molecule has 7 heteroatoms. The van der Waals surface area contributed by atoms with Gasteiger partial charge in [0.2, 0.25) is 11.8 Å². The lowest BCUT2D eigenvalue weighted by Crippen LogP contribution is -2.55. The van der Waals surface area contributed by atoms with Gasteiger partial charge in [-0.05, 0) is 77.6 Å². The molecule has 0 bridgehead atoms. The molecule has 0 fully saturated rings. The van der Waals surface area contributed by atoms with Crippen molar-refractivity contribution in [2.45, 2.75) is 79.1 Å². The summed E-state index contributed by atoms with van der Waals surface area (Å²) in [5.74, 6) is -0.681. The van der Waals surface area contributed by atoms with Crippen LogP contribution in [0.5, 0.6) is 0 Å². The van der Waals surface area contributed by atoms with Crippen molar-refractivity contribution < 1.29 is 19.1 Å². The quantitative estimate of drug-likeness (QED) is 0.594. The Morgan fingerprint density at radius 2 is 1.51 bits per heavy atom. The van der Waals surface area contributed by atoms with Crippen LogP contribution in [0, 0.1) is 13.8 Å². The molecule has 0 aliphatic heterocycles. The van der Waals surface area contributed by atoms with Crippen molar-refractivity contribution in [1.29, 1.82) is 0 Å². The smallest absolute Gasteiger partial charge is 0.408 e. The summed E-state index contributed by atoms with van der Waals surface area (Å²) >= 11 is 0. The van der Waals surface area contributed by atoms with Crippen LogP contribution in [-0.2, 0) is 20.9 Å². The number of alkyl carbamates (subject to hydrolysis) is 1. The molecule has 0 aliphatic carbocycles. The minimum absolute atomic E-state index is 0.292. The number of hydrogen-bond donors (Lipinski definition) is 2. The minimum Gasteiger partial charge on any atom is -0.444 e. The van der Waals surface area contributed by atoms with E-state index in [0.717, 1.165) is 16.7 Å². The van der Waals surface area contributed by atoms with Gasteiger partial charge in [-0.2, -0.15) is 0 Å². The zero-order chi connectivity index (χ0) is 26.4. The highest BCUT2D eigenvalue weighted by Gasteiger charge is 2.38. The van der Waals surface area contributed by atoms with E-state index in [1.165, 1.54) is 4.90 Å². The maximum atomic E-state index is 13.6. The molecule has 2 rings (SSSR count). The monoisotopic (exact) mass is 481 g/mol. The van der Waals surface area contributed by atoms with Crippen molar-refractivity contribution in [1.82, 2.24) is 15.5 Å². The number of nitrogens with zero attached hydrogens (tertiary/aromatic N) is 1. The van der Waals surface area contributed by atoms with Gasteiger partial charge >= 0.3 is 6.09 Å².